The van der Waals surface area contributed by atoms with E-state index in [1.807, 2.05) is 30.3 Å². The third-order valence-corrected chi connectivity index (χ3v) is 2.37. The molecule has 0 aliphatic rings. The zero-order chi connectivity index (χ0) is 11.4. The van der Waals surface area contributed by atoms with Crippen LogP contribution in [0.15, 0.2) is 30.3 Å². The van der Waals surface area contributed by atoms with Gasteiger partial charge >= 0.3 is 0 Å². The second kappa shape index (κ2) is 4.81. The molecule has 16 heavy (non-hydrogen) atoms. The Labute approximate surface area is 93.9 Å². The fourth-order valence-electron chi connectivity index (χ4n) is 1.58. The highest BCUT2D eigenvalue weighted by molar-refractivity contribution is 5.31. The van der Waals surface area contributed by atoms with Gasteiger partial charge in [0.05, 0.1) is 19.4 Å². The molecule has 2 N–H and O–H groups in total. The number of hydrogen-bond donors (Lipinski definition) is 2. The summed E-state index contributed by atoms with van der Waals surface area (Å²) in [5.41, 5.74) is 2.79. The minimum atomic E-state index is -0.0331. The van der Waals surface area contributed by atoms with E-state index < -0.39 is 0 Å². The number of nitrogens with one attached hydrogen (secondary N) is 1. The molecule has 4 heteroatoms. The largest absolute Gasteiger partial charge is 0.497 e. The topological polar surface area (TPSA) is 58.1 Å². The van der Waals surface area contributed by atoms with Crippen LogP contribution >= 0.6 is 0 Å². The second-order valence-electron chi connectivity index (χ2n) is 3.57. The van der Waals surface area contributed by atoms with Gasteiger partial charge in [-0.3, -0.25) is 5.10 Å². The number of hydrogen-bond acceptors (Lipinski definition) is 3. The second-order valence-corrected chi connectivity index (χ2v) is 3.57. The van der Waals surface area contributed by atoms with Gasteiger partial charge in [-0.2, -0.15) is 5.10 Å². The van der Waals surface area contributed by atoms with Crippen LogP contribution in [0.3, 0.4) is 0 Å². The van der Waals surface area contributed by atoms with Crippen LogP contribution in [-0.2, 0) is 13.0 Å². The summed E-state index contributed by atoms with van der Waals surface area (Å²) < 4.78 is 5.15. The number of rotatable bonds is 4. The van der Waals surface area contributed by atoms with E-state index in [1.54, 1.807) is 7.11 Å². The molecule has 84 valence electrons. The van der Waals surface area contributed by atoms with Crippen molar-refractivity contribution in [2.75, 3.05) is 7.11 Å². The molecule has 0 aliphatic carbocycles. The Hall–Kier alpha value is -1.81. The van der Waals surface area contributed by atoms with Gasteiger partial charge in [0.25, 0.3) is 0 Å². The van der Waals surface area contributed by atoms with Crippen LogP contribution in [-0.4, -0.2) is 22.4 Å². The van der Waals surface area contributed by atoms with Gasteiger partial charge in [0, 0.05) is 12.1 Å². The monoisotopic (exact) mass is 218 g/mol. The van der Waals surface area contributed by atoms with Gasteiger partial charge in [-0.25, -0.2) is 0 Å². The van der Waals surface area contributed by atoms with Crippen LogP contribution in [0, 0.1) is 0 Å². The molecule has 0 fully saturated rings. The molecule has 0 aliphatic heterocycles. The Morgan fingerprint density at radius 1 is 1.38 bits per heavy atom. The first-order valence-corrected chi connectivity index (χ1v) is 5.09. The zero-order valence-corrected chi connectivity index (χ0v) is 9.10. The van der Waals surface area contributed by atoms with Crippen molar-refractivity contribution in [2.45, 2.75) is 13.0 Å². The number of aromatic nitrogens is 2. The van der Waals surface area contributed by atoms with Crippen molar-refractivity contribution in [3.63, 3.8) is 0 Å². The molecule has 1 heterocycles. The number of ether oxygens (including phenoxy) is 1. The first-order chi connectivity index (χ1) is 7.81. The highest BCUT2D eigenvalue weighted by Gasteiger charge is 2.02. The molecule has 2 rings (SSSR count). The minimum Gasteiger partial charge on any atom is -0.497 e. The fraction of sp³-hybridized carbons (Fsp3) is 0.250. The van der Waals surface area contributed by atoms with Gasteiger partial charge in [-0.1, -0.05) is 12.1 Å². The van der Waals surface area contributed by atoms with Crippen molar-refractivity contribution in [3.8, 4) is 5.75 Å². The summed E-state index contributed by atoms with van der Waals surface area (Å²) in [6.07, 6.45) is 0.754. The Balaban J connectivity index is 2.13. The molecule has 0 saturated carbocycles. The predicted molar refractivity (Wildman–Crippen MR) is 60.3 cm³/mol. The average Bonchev–Trinajstić information content (AvgIpc) is 2.77. The van der Waals surface area contributed by atoms with Crippen molar-refractivity contribution in [3.05, 3.63) is 47.3 Å². The van der Waals surface area contributed by atoms with Gasteiger partial charge in [0.1, 0.15) is 5.75 Å². The van der Waals surface area contributed by atoms with Gasteiger partial charge in [-0.15, -0.1) is 0 Å². The van der Waals surface area contributed by atoms with Crippen LogP contribution in [0.25, 0.3) is 0 Å². The molecular weight excluding hydrogens is 204 g/mol. The first-order valence-electron chi connectivity index (χ1n) is 5.09. The summed E-state index contributed by atoms with van der Waals surface area (Å²) in [6.45, 7) is -0.0331. The number of aliphatic hydroxyl groups excluding tert-OH is 1. The molecule has 0 unspecified atom stereocenters. The van der Waals surface area contributed by atoms with E-state index in [2.05, 4.69) is 10.2 Å². The first kappa shape index (κ1) is 10.7. The Morgan fingerprint density at radius 3 is 2.94 bits per heavy atom. The fourth-order valence-corrected chi connectivity index (χ4v) is 1.58. The summed E-state index contributed by atoms with van der Waals surface area (Å²) in [7, 11) is 1.65. The van der Waals surface area contributed by atoms with Crippen molar-refractivity contribution in [1.82, 2.24) is 10.2 Å². The maximum atomic E-state index is 8.90. The normalized spacial score (nSPS) is 10.4. The lowest BCUT2D eigenvalue weighted by Gasteiger charge is -2.02. The predicted octanol–water partition coefficient (Wildman–Crippen LogP) is 1.50. The van der Waals surface area contributed by atoms with Crippen LogP contribution in [0.2, 0.25) is 0 Å². The molecule has 2 aromatic rings. The summed E-state index contributed by atoms with van der Waals surface area (Å²) in [4.78, 5) is 0. The summed E-state index contributed by atoms with van der Waals surface area (Å²) in [6, 6.07) is 9.74. The lowest BCUT2D eigenvalue weighted by molar-refractivity contribution is 0.276. The molecule has 1 aromatic heterocycles. The third-order valence-electron chi connectivity index (χ3n) is 2.37. The maximum Gasteiger partial charge on any atom is 0.119 e. The number of aromatic amines is 1. The maximum absolute atomic E-state index is 8.90. The van der Waals surface area contributed by atoms with E-state index >= 15 is 0 Å². The van der Waals surface area contributed by atoms with Crippen LogP contribution < -0.4 is 4.74 Å². The SMILES string of the molecule is COc1cccc(Cc2cc(CO)n[nH]2)c1. The Bertz CT molecular complexity index is 466. The van der Waals surface area contributed by atoms with Gasteiger partial charge in [0.15, 0.2) is 0 Å². The molecule has 0 saturated heterocycles. The van der Waals surface area contributed by atoms with E-state index in [0.717, 1.165) is 23.4 Å². The van der Waals surface area contributed by atoms with Gasteiger partial charge in [0.2, 0.25) is 0 Å². The third kappa shape index (κ3) is 2.41. The number of benzene rings is 1. The van der Waals surface area contributed by atoms with E-state index in [4.69, 9.17) is 9.84 Å². The molecule has 0 amide bonds. The molecule has 0 radical (unpaired) electrons. The van der Waals surface area contributed by atoms with Crippen molar-refractivity contribution in [2.24, 2.45) is 0 Å². The van der Waals surface area contributed by atoms with E-state index in [1.165, 1.54) is 0 Å². The smallest absolute Gasteiger partial charge is 0.119 e. The number of methoxy groups -OCH3 is 1. The highest BCUT2D eigenvalue weighted by atomic mass is 16.5. The standard InChI is InChI=1S/C12H14N2O2/c1-16-12-4-2-3-9(6-12)5-10-7-11(8-15)14-13-10/h2-4,6-7,15H,5,8H2,1H3,(H,13,14). The lowest BCUT2D eigenvalue weighted by atomic mass is 10.1. The van der Waals surface area contributed by atoms with E-state index in [0.29, 0.717) is 5.69 Å². The Kier molecular flexibility index (Phi) is 3.22. The Morgan fingerprint density at radius 2 is 2.25 bits per heavy atom. The lowest BCUT2D eigenvalue weighted by Crippen LogP contribution is -1.90. The summed E-state index contributed by atoms with van der Waals surface area (Å²) >= 11 is 0. The van der Waals surface area contributed by atoms with Crippen molar-refractivity contribution in [1.29, 1.82) is 0 Å². The van der Waals surface area contributed by atoms with Crippen LogP contribution in [0.1, 0.15) is 17.0 Å². The van der Waals surface area contributed by atoms with Gasteiger partial charge in [-0.05, 0) is 23.8 Å². The minimum absolute atomic E-state index is 0.0331. The molecular formula is C12H14N2O2. The highest BCUT2D eigenvalue weighted by Crippen LogP contribution is 2.15. The zero-order valence-electron chi connectivity index (χ0n) is 9.10. The molecule has 0 bridgehead atoms. The summed E-state index contributed by atoms with van der Waals surface area (Å²) in [5, 5.41) is 15.8. The van der Waals surface area contributed by atoms with Crippen LogP contribution in [0.5, 0.6) is 5.75 Å². The quantitative estimate of drug-likeness (QED) is 0.817. The van der Waals surface area contributed by atoms with Gasteiger partial charge < -0.3 is 9.84 Å². The van der Waals surface area contributed by atoms with Crippen molar-refractivity contribution >= 4 is 0 Å². The average molecular weight is 218 g/mol. The number of H-pyrrole nitrogens is 1. The van der Waals surface area contributed by atoms with E-state index in [-0.39, 0.29) is 6.61 Å². The summed E-state index contributed by atoms with van der Waals surface area (Å²) in [5.74, 6) is 0.847. The van der Waals surface area contributed by atoms with Crippen molar-refractivity contribution < 1.29 is 9.84 Å². The molecule has 4 nitrogen and oxygen atoms in total. The molecule has 1 aromatic carbocycles. The number of aliphatic hydroxyl groups is 1. The molecule has 0 atom stereocenters. The van der Waals surface area contributed by atoms with E-state index in [9.17, 15) is 0 Å². The van der Waals surface area contributed by atoms with Crippen LogP contribution in [0.4, 0.5) is 0 Å². The number of nitrogens with zero attached hydrogens (tertiary/aromatic N) is 1. The molecule has 0 spiro atoms.